The molecule has 1 aliphatic rings. The standard InChI is InChI=1S/C30H39N3O5S/c1-21-14-27(37-5)15-22(2)29(21)39(35,36)32(4)19-28-16-26(20-38-28)30(34)31-17-24-9-11-25(12-10-24)18-33-13-7-6-8-23(33)3/h9-12,14-16,20,23H,6-8,13,17-19H2,1-5H3,(H,31,34). The number of nitrogens with one attached hydrogen (secondary N) is 1. The van der Waals surface area contributed by atoms with Crippen LogP contribution in [0.2, 0.25) is 0 Å². The molecule has 1 N–H and O–H groups in total. The second-order valence-electron chi connectivity index (χ2n) is 10.5. The largest absolute Gasteiger partial charge is 0.497 e. The van der Waals surface area contributed by atoms with Crippen molar-refractivity contribution in [2.24, 2.45) is 0 Å². The van der Waals surface area contributed by atoms with E-state index in [1.54, 1.807) is 39.2 Å². The van der Waals surface area contributed by atoms with E-state index in [-0.39, 0.29) is 17.3 Å². The molecule has 8 nitrogen and oxygen atoms in total. The van der Waals surface area contributed by atoms with Crippen LogP contribution in [-0.4, -0.2) is 50.3 Å². The van der Waals surface area contributed by atoms with Crippen molar-refractivity contribution < 1.29 is 22.4 Å². The zero-order valence-electron chi connectivity index (χ0n) is 23.5. The summed E-state index contributed by atoms with van der Waals surface area (Å²) in [6.45, 7) is 8.27. The van der Waals surface area contributed by atoms with Crippen LogP contribution in [0.25, 0.3) is 0 Å². The molecule has 0 aliphatic carbocycles. The quantitative estimate of drug-likeness (QED) is 0.379. The van der Waals surface area contributed by atoms with Gasteiger partial charge in [0.15, 0.2) is 0 Å². The van der Waals surface area contributed by atoms with E-state index in [4.69, 9.17) is 9.15 Å². The van der Waals surface area contributed by atoms with Gasteiger partial charge in [0.2, 0.25) is 10.0 Å². The summed E-state index contributed by atoms with van der Waals surface area (Å²) in [6.07, 6.45) is 5.19. The summed E-state index contributed by atoms with van der Waals surface area (Å²) in [5, 5.41) is 2.92. The second-order valence-corrected chi connectivity index (χ2v) is 12.4. The molecule has 2 aromatic carbocycles. The predicted octanol–water partition coefficient (Wildman–Crippen LogP) is 5.03. The summed E-state index contributed by atoms with van der Waals surface area (Å²) in [5.41, 5.74) is 3.85. The van der Waals surface area contributed by atoms with E-state index in [9.17, 15) is 13.2 Å². The predicted molar refractivity (Wildman–Crippen MR) is 151 cm³/mol. The molecule has 0 spiro atoms. The van der Waals surface area contributed by atoms with Gasteiger partial charge in [-0.1, -0.05) is 30.7 Å². The van der Waals surface area contributed by atoms with Crippen molar-refractivity contribution in [3.63, 3.8) is 0 Å². The lowest BCUT2D eigenvalue weighted by atomic mass is 10.0. The van der Waals surface area contributed by atoms with E-state index in [1.807, 2.05) is 12.1 Å². The Bertz CT molecular complexity index is 1380. The first kappa shape index (κ1) is 28.9. The molecule has 1 saturated heterocycles. The van der Waals surface area contributed by atoms with Gasteiger partial charge in [0.1, 0.15) is 17.8 Å². The highest BCUT2D eigenvalue weighted by molar-refractivity contribution is 7.89. The molecule has 1 amide bonds. The van der Waals surface area contributed by atoms with E-state index >= 15 is 0 Å². The van der Waals surface area contributed by atoms with E-state index in [0.29, 0.717) is 40.8 Å². The number of benzene rings is 2. The summed E-state index contributed by atoms with van der Waals surface area (Å²) in [7, 11) is -0.738. The Morgan fingerprint density at radius 2 is 1.77 bits per heavy atom. The van der Waals surface area contributed by atoms with Crippen LogP contribution < -0.4 is 10.1 Å². The lowest BCUT2D eigenvalue weighted by Gasteiger charge is -2.33. The molecule has 0 bridgehead atoms. The summed E-state index contributed by atoms with van der Waals surface area (Å²) >= 11 is 0. The number of sulfonamides is 1. The molecular formula is C30H39N3O5S. The van der Waals surface area contributed by atoms with Crippen molar-refractivity contribution >= 4 is 15.9 Å². The molecule has 4 rings (SSSR count). The van der Waals surface area contributed by atoms with Crippen molar-refractivity contribution in [2.75, 3.05) is 20.7 Å². The molecule has 1 aromatic heterocycles. The zero-order chi connectivity index (χ0) is 28.2. The number of amides is 1. The Hall–Kier alpha value is -3.14. The van der Waals surface area contributed by atoms with Gasteiger partial charge in [-0.3, -0.25) is 9.69 Å². The fourth-order valence-electron chi connectivity index (χ4n) is 5.15. The molecule has 1 unspecified atom stereocenters. The van der Waals surface area contributed by atoms with Gasteiger partial charge < -0.3 is 14.5 Å². The zero-order valence-corrected chi connectivity index (χ0v) is 24.3. The van der Waals surface area contributed by atoms with Crippen LogP contribution in [0.5, 0.6) is 5.75 Å². The molecule has 39 heavy (non-hydrogen) atoms. The average molecular weight is 554 g/mol. The third kappa shape index (κ3) is 6.90. The lowest BCUT2D eigenvalue weighted by molar-refractivity contribution is 0.0950. The number of ether oxygens (including phenoxy) is 1. The molecule has 1 atom stereocenters. The van der Waals surface area contributed by atoms with Crippen LogP contribution in [-0.2, 0) is 29.7 Å². The molecular weight excluding hydrogens is 514 g/mol. The number of hydrogen-bond donors (Lipinski definition) is 1. The van der Waals surface area contributed by atoms with Crippen LogP contribution in [0.1, 0.15) is 64.6 Å². The van der Waals surface area contributed by atoms with Gasteiger partial charge in [-0.2, -0.15) is 4.31 Å². The number of hydrogen-bond acceptors (Lipinski definition) is 6. The monoisotopic (exact) mass is 553 g/mol. The highest BCUT2D eigenvalue weighted by Crippen LogP contribution is 2.28. The Balaban J connectivity index is 1.33. The maximum atomic E-state index is 13.3. The van der Waals surface area contributed by atoms with Gasteiger partial charge in [0, 0.05) is 26.2 Å². The fraction of sp³-hybridized carbons (Fsp3) is 0.433. The van der Waals surface area contributed by atoms with Crippen LogP contribution in [0.15, 0.2) is 58.0 Å². The minimum atomic E-state index is -3.78. The van der Waals surface area contributed by atoms with E-state index in [2.05, 4.69) is 29.3 Å². The smallest absolute Gasteiger partial charge is 0.254 e. The molecule has 0 saturated carbocycles. The van der Waals surface area contributed by atoms with Crippen LogP contribution in [0.3, 0.4) is 0 Å². The number of furan rings is 1. The van der Waals surface area contributed by atoms with Gasteiger partial charge in [0.25, 0.3) is 5.91 Å². The average Bonchev–Trinajstić information content (AvgIpc) is 3.37. The third-order valence-electron chi connectivity index (χ3n) is 7.43. The first-order valence-corrected chi connectivity index (χ1v) is 14.8. The lowest BCUT2D eigenvalue weighted by Crippen LogP contribution is -2.36. The molecule has 1 aliphatic heterocycles. The van der Waals surface area contributed by atoms with Gasteiger partial charge >= 0.3 is 0 Å². The molecule has 3 aromatic rings. The Morgan fingerprint density at radius 3 is 2.41 bits per heavy atom. The van der Waals surface area contributed by atoms with Gasteiger partial charge in [-0.05, 0) is 80.6 Å². The number of methoxy groups -OCH3 is 1. The first-order valence-electron chi connectivity index (χ1n) is 13.4. The summed E-state index contributed by atoms with van der Waals surface area (Å²) in [5.74, 6) is 0.714. The maximum Gasteiger partial charge on any atom is 0.254 e. The Labute approximate surface area is 232 Å². The number of nitrogens with zero attached hydrogens (tertiary/aromatic N) is 2. The van der Waals surface area contributed by atoms with E-state index in [1.165, 1.54) is 42.4 Å². The van der Waals surface area contributed by atoms with Gasteiger partial charge in [0.05, 0.1) is 24.1 Å². The fourth-order valence-corrected chi connectivity index (χ4v) is 6.69. The van der Waals surface area contributed by atoms with Crippen molar-refractivity contribution in [3.05, 3.63) is 82.3 Å². The minimum absolute atomic E-state index is 0.00236. The number of carbonyl (C=O) groups excluding carboxylic acids is 1. The Kier molecular flexibility index (Phi) is 9.15. The summed E-state index contributed by atoms with van der Waals surface area (Å²) in [6, 6.07) is 14.0. The highest BCUT2D eigenvalue weighted by Gasteiger charge is 2.27. The van der Waals surface area contributed by atoms with Crippen molar-refractivity contribution in [1.29, 1.82) is 0 Å². The molecule has 9 heteroatoms. The first-order chi connectivity index (χ1) is 18.6. The summed E-state index contributed by atoms with van der Waals surface area (Å²) < 4.78 is 38.6. The third-order valence-corrected chi connectivity index (χ3v) is 9.54. The normalized spacial score (nSPS) is 16.4. The van der Waals surface area contributed by atoms with Crippen molar-refractivity contribution in [3.8, 4) is 5.75 Å². The van der Waals surface area contributed by atoms with Crippen LogP contribution in [0.4, 0.5) is 0 Å². The maximum absolute atomic E-state index is 13.3. The summed E-state index contributed by atoms with van der Waals surface area (Å²) in [4.78, 5) is 15.5. The van der Waals surface area contributed by atoms with E-state index < -0.39 is 10.0 Å². The SMILES string of the molecule is COc1cc(C)c(S(=O)(=O)N(C)Cc2cc(C(=O)NCc3ccc(CN4CCCCC4C)cc3)co2)c(C)c1. The topological polar surface area (TPSA) is 92.1 Å². The molecule has 1 fully saturated rings. The van der Waals surface area contributed by atoms with Crippen LogP contribution in [0, 0.1) is 13.8 Å². The minimum Gasteiger partial charge on any atom is -0.497 e. The Morgan fingerprint density at radius 1 is 1.10 bits per heavy atom. The number of carbonyl (C=O) groups is 1. The number of aryl methyl sites for hydroxylation is 2. The van der Waals surface area contributed by atoms with E-state index in [0.717, 1.165) is 18.7 Å². The number of rotatable bonds is 10. The van der Waals surface area contributed by atoms with Gasteiger partial charge in [-0.25, -0.2) is 8.42 Å². The van der Waals surface area contributed by atoms with Gasteiger partial charge in [-0.15, -0.1) is 0 Å². The molecule has 0 radical (unpaired) electrons. The number of piperidine rings is 1. The second kappa shape index (κ2) is 12.4. The highest BCUT2D eigenvalue weighted by atomic mass is 32.2. The van der Waals surface area contributed by atoms with Crippen molar-refractivity contribution in [1.82, 2.24) is 14.5 Å². The van der Waals surface area contributed by atoms with Crippen molar-refractivity contribution in [2.45, 2.75) is 70.6 Å². The van der Waals surface area contributed by atoms with Crippen LogP contribution >= 0.6 is 0 Å². The molecule has 210 valence electrons. The molecule has 2 heterocycles. The number of likely N-dealkylation sites (tertiary alicyclic amines) is 1.